The Morgan fingerprint density at radius 1 is 0.255 bits per heavy atom. The van der Waals surface area contributed by atoms with E-state index < -0.39 is 0 Å². The van der Waals surface area contributed by atoms with E-state index in [4.69, 9.17) is 15.0 Å². The molecular formula is C51H32N4. The van der Waals surface area contributed by atoms with E-state index >= 15 is 0 Å². The molecule has 0 saturated heterocycles. The first-order valence-electron chi connectivity index (χ1n) is 18.6. The van der Waals surface area contributed by atoms with Crippen molar-refractivity contribution in [3.05, 3.63) is 194 Å². The highest BCUT2D eigenvalue weighted by Gasteiger charge is 2.17. The normalized spacial score (nSPS) is 11.6. The molecule has 0 saturated carbocycles. The van der Waals surface area contributed by atoms with Crippen molar-refractivity contribution in [2.24, 2.45) is 0 Å². The van der Waals surface area contributed by atoms with E-state index in [1.807, 2.05) is 60.7 Å². The van der Waals surface area contributed by atoms with Crippen LogP contribution in [0.4, 0.5) is 0 Å². The summed E-state index contributed by atoms with van der Waals surface area (Å²) in [5.74, 6) is 1.95. The lowest BCUT2D eigenvalue weighted by atomic mass is 9.94. The molecule has 0 bridgehead atoms. The number of aromatic nitrogens is 4. The molecule has 9 aromatic carbocycles. The average molecular weight is 701 g/mol. The Bertz CT molecular complexity index is 3160. The highest BCUT2D eigenvalue weighted by Crippen LogP contribution is 2.39. The van der Waals surface area contributed by atoms with Gasteiger partial charge in [-0.25, -0.2) is 15.0 Å². The predicted molar refractivity (Wildman–Crippen MR) is 228 cm³/mol. The van der Waals surface area contributed by atoms with Crippen LogP contribution >= 0.6 is 0 Å². The summed E-state index contributed by atoms with van der Waals surface area (Å²) in [5, 5.41) is 10.1. The monoisotopic (exact) mass is 700 g/mol. The van der Waals surface area contributed by atoms with Crippen molar-refractivity contribution in [3.63, 3.8) is 0 Å². The molecule has 0 aliphatic heterocycles. The van der Waals surface area contributed by atoms with Gasteiger partial charge in [-0.3, -0.25) is 0 Å². The molecule has 256 valence electrons. The second kappa shape index (κ2) is 12.6. The summed E-state index contributed by atoms with van der Waals surface area (Å²) in [4.78, 5) is 14.9. The van der Waals surface area contributed by atoms with Gasteiger partial charge in [0.2, 0.25) is 0 Å². The second-order valence-corrected chi connectivity index (χ2v) is 14.0. The lowest BCUT2D eigenvalue weighted by Gasteiger charge is -2.14. The summed E-state index contributed by atoms with van der Waals surface area (Å²) >= 11 is 0. The second-order valence-electron chi connectivity index (χ2n) is 14.0. The molecule has 2 aromatic heterocycles. The molecule has 0 unspecified atom stereocenters. The summed E-state index contributed by atoms with van der Waals surface area (Å²) in [6, 6.07) is 68.8. The van der Waals surface area contributed by atoms with Crippen LogP contribution in [0, 0.1) is 0 Å². The fraction of sp³-hybridized carbons (Fsp3) is 0. The number of para-hydroxylation sites is 1. The van der Waals surface area contributed by atoms with Gasteiger partial charge in [0.25, 0.3) is 0 Å². The van der Waals surface area contributed by atoms with Crippen LogP contribution in [0.2, 0.25) is 0 Å². The van der Waals surface area contributed by atoms with Gasteiger partial charge in [-0.05, 0) is 79.8 Å². The summed E-state index contributed by atoms with van der Waals surface area (Å²) < 4.78 is 2.41. The Labute approximate surface area is 317 Å². The number of fused-ring (bicyclic) bond motifs is 9. The average Bonchev–Trinajstić information content (AvgIpc) is 3.60. The largest absolute Gasteiger partial charge is 0.309 e. The molecular weight excluding hydrogens is 669 g/mol. The Morgan fingerprint density at radius 2 is 0.709 bits per heavy atom. The molecule has 11 rings (SSSR count). The Hall–Kier alpha value is -7.43. The number of benzene rings is 9. The zero-order valence-corrected chi connectivity index (χ0v) is 29.8. The molecule has 4 nitrogen and oxygen atoms in total. The molecule has 0 aliphatic rings. The van der Waals surface area contributed by atoms with Crippen molar-refractivity contribution in [1.29, 1.82) is 0 Å². The lowest BCUT2D eigenvalue weighted by molar-refractivity contribution is 1.07. The van der Waals surface area contributed by atoms with Crippen LogP contribution in [0.5, 0.6) is 0 Å². The minimum atomic E-state index is 0.642. The van der Waals surface area contributed by atoms with Gasteiger partial charge in [0.15, 0.2) is 17.5 Å². The minimum absolute atomic E-state index is 0.642. The smallest absolute Gasteiger partial charge is 0.164 e. The lowest BCUT2D eigenvalue weighted by Crippen LogP contribution is -2.00. The molecule has 0 fully saturated rings. The van der Waals surface area contributed by atoms with Crippen LogP contribution in [-0.2, 0) is 0 Å². The molecule has 0 N–H and O–H groups in total. The summed E-state index contributed by atoms with van der Waals surface area (Å²) in [5.41, 5.74) is 8.57. The van der Waals surface area contributed by atoms with Crippen LogP contribution in [0.1, 0.15) is 0 Å². The Kier molecular flexibility index (Phi) is 7.14. The van der Waals surface area contributed by atoms with Crippen LogP contribution < -0.4 is 0 Å². The fourth-order valence-corrected chi connectivity index (χ4v) is 8.24. The first-order chi connectivity index (χ1) is 27.3. The van der Waals surface area contributed by atoms with Gasteiger partial charge in [-0.1, -0.05) is 158 Å². The first kappa shape index (κ1) is 31.1. The number of nitrogens with zero attached hydrogens (tertiary/aromatic N) is 4. The van der Waals surface area contributed by atoms with E-state index in [0.29, 0.717) is 17.5 Å². The van der Waals surface area contributed by atoms with Crippen molar-refractivity contribution in [3.8, 4) is 51.0 Å². The van der Waals surface area contributed by atoms with Gasteiger partial charge in [0.1, 0.15) is 0 Å². The minimum Gasteiger partial charge on any atom is -0.309 e. The zero-order valence-electron chi connectivity index (χ0n) is 29.8. The van der Waals surface area contributed by atoms with E-state index in [0.717, 1.165) is 33.5 Å². The van der Waals surface area contributed by atoms with E-state index in [1.165, 1.54) is 54.1 Å². The van der Waals surface area contributed by atoms with Crippen LogP contribution in [0.25, 0.3) is 105 Å². The maximum absolute atomic E-state index is 4.99. The topological polar surface area (TPSA) is 43.6 Å². The third-order valence-corrected chi connectivity index (χ3v) is 10.8. The van der Waals surface area contributed by atoms with Crippen molar-refractivity contribution in [1.82, 2.24) is 19.5 Å². The molecule has 0 amide bonds. The fourth-order valence-electron chi connectivity index (χ4n) is 8.24. The molecule has 0 aliphatic carbocycles. The number of rotatable bonds is 5. The molecule has 55 heavy (non-hydrogen) atoms. The van der Waals surface area contributed by atoms with E-state index in [-0.39, 0.29) is 0 Å². The van der Waals surface area contributed by atoms with Crippen molar-refractivity contribution < 1.29 is 0 Å². The van der Waals surface area contributed by atoms with Crippen LogP contribution in [0.15, 0.2) is 194 Å². The maximum atomic E-state index is 4.99. The summed E-state index contributed by atoms with van der Waals surface area (Å²) in [6.07, 6.45) is 0. The van der Waals surface area contributed by atoms with E-state index in [9.17, 15) is 0 Å². The summed E-state index contributed by atoms with van der Waals surface area (Å²) in [7, 11) is 0. The molecule has 11 aromatic rings. The Balaban J connectivity index is 1.06. The molecule has 0 radical (unpaired) electrons. The molecule has 4 heteroatoms. The van der Waals surface area contributed by atoms with Crippen LogP contribution in [0.3, 0.4) is 0 Å². The van der Waals surface area contributed by atoms with Gasteiger partial charge in [0, 0.05) is 33.2 Å². The van der Waals surface area contributed by atoms with Gasteiger partial charge in [-0.15, -0.1) is 0 Å². The van der Waals surface area contributed by atoms with Gasteiger partial charge in [0.05, 0.1) is 11.0 Å². The van der Waals surface area contributed by atoms with E-state index in [1.54, 1.807) is 0 Å². The SMILES string of the molecule is c1ccc(-c2nc(-c3ccccc3)nc(-c3cccc(-c4ccc5c(c4)c4ccccc4n5-c4ccc5c6ccccc6c6ccccc6c5c4)c3)n2)cc1. The molecule has 2 heterocycles. The van der Waals surface area contributed by atoms with Crippen molar-refractivity contribution >= 4 is 54.1 Å². The predicted octanol–water partition coefficient (Wildman–Crippen LogP) is 13.1. The zero-order chi connectivity index (χ0) is 36.3. The van der Waals surface area contributed by atoms with Gasteiger partial charge in [-0.2, -0.15) is 0 Å². The van der Waals surface area contributed by atoms with Gasteiger partial charge < -0.3 is 4.57 Å². The standard InChI is InChI=1S/C51H32N4/c1-3-14-33(15-4-1)49-52-50(34-16-5-2-6-17-34)54-51(53-49)37-19-13-18-35(30-37)36-26-29-48-46(31-36)44-24-11-12-25-47(44)55(48)38-27-28-43-41-22-8-7-20-39(41)40-21-9-10-23-42(40)45(43)32-38/h1-32H. The Morgan fingerprint density at radius 3 is 1.35 bits per heavy atom. The highest BCUT2D eigenvalue weighted by atomic mass is 15.0. The van der Waals surface area contributed by atoms with Crippen LogP contribution in [-0.4, -0.2) is 19.5 Å². The van der Waals surface area contributed by atoms with Gasteiger partial charge >= 0.3 is 0 Å². The van der Waals surface area contributed by atoms with Crippen molar-refractivity contribution in [2.75, 3.05) is 0 Å². The number of hydrogen-bond acceptors (Lipinski definition) is 3. The number of hydrogen-bond donors (Lipinski definition) is 0. The maximum Gasteiger partial charge on any atom is 0.164 e. The molecule has 0 spiro atoms. The summed E-state index contributed by atoms with van der Waals surface area (Å²) in [6.45, 7) is 0. The quantitative estimate of drug-likeness (QED) is 0.168. The first-order valence-corrected chi connectivity index (χ1v) is 18.6. The third-order valence-electron chi connectivity index (χ3n) is 10.8. The van der Waals surface area contributed by atoms with E-state index in [2.05, 4.69) is 138 Å². The molecule has 0 atom stereocenters. The van der Waals surface area contributed by atoms with Crippen molar-refractivity contribution in [2.45, 2.75) is 0 Å². The highest BCUT2D eigenvalue weighted by molar-refractivity contribution is 6.25. The third kappa shape index (κ3) is 5.19.